The molecule has 37 heavy (non-hydrogen) atoms. The third kappa shape index (κ3) is 29.8. The van der Waals surface area contributed by atoms with Crippen LogP contribution in [0.1, 0.15) is 181 Å². The lowest BCUT2D eigenvalue weighted by atomic mass is 10.0. The van der Waals surface area contributed by atoms with Crippen molar-refractivity contribution in [1.29, 1.82) is 0 Å². The van der Waals surface area contributed by atoms with Crippen molar-refractivity contribution < 1.29 is 19.4 Å². The van der Waals surface area contributed by atoms with Crippen LogP contribution in [0.4, 0.5) is 0 Å². The number of aliphatic hydroxyl groups excluding tert-OH is 1. The SMILES string of the molecule is CCCCCCCCCCCCCCCOCC(CO)OC(=O)CCCCCCCCCCCCCC. The fourth-order valence-electron chi connectivity index (χ4n) is 4.92. The quantitative estimate of drug-likeness (QED) is 0.0721. The van der Waals surface area contributed by atoms with E-state index in [0.29, 0.717) is 19.6 Å². The highest BCUT2D eigenvalue weighted by molar-refractivity contribution is 5.69. The normalized spacial score (nSPS) is 12.2. The molecule has 4 nitrogen and oxygen atoms in total. The molecule has 0 spiro atoms. The minimum atomic E-state index is -0.521. The van der Waals surface area contributed by atoms with Crippen molar-refractivity contribution in [3.8, 4) is 0 Å². The molecule has 0 aliphatic carbocycles. The van der Waals surface area contributed by atoms with E-state index in [0.717, 1.165) is 19.3 Å². The van der Waals surface area contributed by atoms with Crippen molar-refractivity contribution in [3.05, 3.63) is 0 Å². The molecule has 1 atom stereocenters. The van der Waals surface area contributed by atoms with Crippen molar-refractivity contribution in [2.24, 2.45) is 0 Å². The van der Waals surface area contributed by atoms with E-state index in [4.69, 9.17) is 9.47 Å². The fourth-order valence-corrected chi connectivity index (χ4v) is 4.92. The van der Waals surface area contributed by atoms with Crippen LogP contribution in [0.5, 0.6) is 0 Å². The lowest BCUT2D eigenvalue weighted by Crippen LogP contribution is -2.27. The minimum Gasteiger partial charge on any atom is -0.457 e. The predicted molar refractivity (Wildman–Crippen MR) is 159 cm³/mol. The van der Waals surface area contributed by atoms with Crippen LogP contribution in [0, 0.1) is 0 Å². The standard InChI is InChI=1S/C33H66O4/c1-3-5-7-9-11-13-15-17-19-21-23-25-27-29-36-31-32(30-34)37-33(35)28-26-24-22-20-18-16-14-12-10-8-6-4-2/h32,34H,3-31H2,1-2H3. The Morgan fingerprint density at radius 3 is 1.27 bits per heavy atom. The van der Waals surface area contributed by atoms with Crippen molar-refractivity contribution in [1.82, 2.24) is 0 Å². The smallest absolute Gasteiger partial charge is 0.306 e. The molecule has 0 saturated carbocycles. The van der Waals surface area contributed by atoms with Gasteiger partial charge in [0, 0.05) is 13.0 Å². The Morgan fingerprint density at radius 2 is 0.892 bits per heavy atom. The van der Waals surface area contributed by atoms with Gasteiger partial charge in [0.2, 0.25) is 0 Å². The Hall–Kier alpha value is -0.610. The zero-order valence-corrected chi connectivity index (χ0v) is 25.3. The minimum absolute atomic E-state index is 0.164. The topological polar surface area (TPSA) is 55.8 Å². The highest BCUT2D eigenvalue weighted by atomic mass is 16.6. The van der Waals surface area contributed by atoms with Crippen molar-refractivity contribution >= 4 is 5.97 Å². The second-order valence-corrected chi connectivity index (χ2v) is 11.3. The molecule has 0 bridgehead atoms. The summed E-state index contributed by atoms with van der Waals surface area (Å²) < 4.78 is 11.1. The Balaban J connectivity index is 3.40. The van der Waals surface area contributed by atoms with Crippen LogP contribution in [0.3, 0.4) is 0 Å². The van der Waals surface area contributed by atoms with Gasteiger partial charge in [0.05, 0.1) is 13.2 Å². The molecule has 0 radical (unpaired) electrons. The first kappa shape index (κ1) is 36.4. The number of rotatable bonds is 31. The molecule has 0 heterocycles. The third-order valence-electron chi connectivity index (χ3n) is 7.43. The number of esters is 1. The van der Waals surface area contributed by atoms with E-state index in [-0.39, 0.29) is 12.6 Å². The van der Waals surface area contributed by atoms with Gasteiger partial charge in [0.1, 0.15) is 6.10 Å². The number of carbonyl (C=O) groups is 1. The zero-order chi connectivity index (χ0) is 27.1. The molecule has 1 N–H and O–H groups in total. The van der Waals surface area contributed by atoms with E-state index >= 15 is 0 Å². The molecule has 0 aromatic rings. The Morgan fingerprint density at radius 1 is 0.541 bits per heavy atom. The highest BCUT2D eigenvalue weighted by Gasteiger charge is 2.13. The first-order valence-electron chi connectivity index (χ1n) is 16.6. The highest BCUT2D eigenvalue weighted by Crippen LogP contribution is 2.14. The number of hydrogen-bond donors (Lipinski definition) is 1. The van der Waals surface area contributed by atoms with Crippen LogP contribution in [0.25, 0.3) is 0 Å². The molecule has 0 aromatic carbocycles. The van der Waals surface area contributed by atoms with E-state index in [2.05, 4.69) is 13.8 Å². The fraction of sp³-hybridized carbons (Fsp3) is 0.970. The largest absolute Gasteiger partial charge is 0.457 e. The summed E-state index contributed by atoms with van der Waals surface area (Å²) in [7, 11) is 0. The van der Waals surface area contributed by atoms with E-state index in [1.807, 2.05) is 0 Å². The maximum Gasteiger partial charge on any atom is 0.306 e. The summed E-state index contributed by atoms with van der Waals surface area (Å²) in [5.74, 6) is -0.198. The van der Waals surface area contributed by atoms with Crippen molar-refractivity contribution in [3.63, 3.8) is 0 Å². The van der Waals surface area contributed by atoms with Gasteiger partial charge >= 0.3 is 5.97 Å². The van der Waals surface area contributed by atoms with Crippen LogP contribution in [0.2, 0.25) is 0 Å². The molecule has 1 unspecified atom stereocenters. The van der Waals surface area contributed by atoms with Gasteiger partial charge in [-0.25, -0.2) is 0 Å². The van der Waals surface area contributed by atoms with E-state index in [1.165, 1.54) is 141 Å². The lowest BCUT2D eigenvalue weighted by Gasteiger charge is -2.16. The number of carbonyl (C=O) groups excluding carboxylic acids is 1. The summed E-state index contributed by atoms with van der Waals surface area (Å²) in [6.45, 7) is 5.36. The van der Waals surface area contributed by atoms with Gasteiger partial charge in [-0.15, -0.1) is 0 Å². The number of hydrogen-bond acceptors (Lipinski definition) is 4. The van der Waals surface area contributed by atoms with E-state index < -0.39 is 6.10 Å². The molecule has 4 heteroatoms. The number of ether oxygens (including phenoxy) is 2. The molecule has 222 valence electrons. The summed E-state index contributed by atoms with van der Waals surface area (Å²) >= 11 is 0. The summed E-state index contributed by atoms with van der Waals surface area (Å²) in [5.41, 5.74) is 0. The van der Waals surface area contributed by atoms with Gasteiger partial charge in [0.15, 0.2) is 0 Å². The second-order valence-electron chi connectivity index (χ2n) is 11.3. The van der Waals surface area contributed by atoms with Crippen LogP contribution in [-0.4, -0.2) is 37.0 Å². The van der Waals surface area contributed by atoms with Gasteiger partial charge in [-0.2, -0.15) is 0 Å². The Kier molecular flexibility index (Phi) is 31.1. The van der Waals surface area contributed by atoms with Crippen molar-refractivity contribution in [2.45, 2.75) is 187 Å². The molecule has 0 aromatic heterocycles. The van der Waals surface area contributed by atoms with Gasteiger partial charge in [0.25, 0.3) is 0 Å². The van der Waals surface area contributed by atoms with Crippen LogP contribution < -0.4 is 0 Å². The van der Waals surface area contributed by atoms with Crippen LogP contribution in [0.15, 0.2) is 0 Å². The zero-order valence-electron chi connectivity index (χ0n) is 25.3. The first-order chi connectivity index (χ1) is 18.2. The molecular formula is C33H66O4. The molecule has 0 rings (SSSR count). The molecule has 0 fully saturated rings. The predicted octanol–water partition coefficient (Wildman–Crippen LogP) is 10.1. The maximum absolute atomic E-state index is 12.1. The monoisotopic (exact) mass is 526 g/mol. The van der Waals surface area contributed by atoms with Crippen LogP contribution >= 0.6 is 0 Å². The molecule has 0 saturated heterocycles. The molecule has 0 aliphatic rings. The second kappa shape index (κ2) is 31.6. The lowest BCUT2D eigenvalue weighted by molar-refractivity contribution is -0.154. The summed E-state index contributed by atoms with van der Waals surface area (Å²) in [6.07, 6.45) is 32.7. The number of aliphatic hydroxyl groups is 1. The summed E-state index contributed by atoms with van der Waals surface area (Å²) in [5, 5.41) is 9.51. The Bertz CT molecular complexity index is 440. The first-order valence-corrected chi connectivity index (χ1v) is 16.6. The van der Waals surface area contributed by atoms with Crippen LogP contribution in [-0.2, 0) is 14.3 Å². The van der Waals surface area contributed by atoms with Gasteiger partial charge in [-0.3, -0.25) is 4.79 Å². The summed E-state index contributed by atoms with van der Waals surface area (Å²) in [6, 6.07) is 0. The average molecular weight is 527 g/mol. The molecular weight excluding hydrogens is 460 g/mol. The molecule has 0 amide bonds. The number of unbranched alkanes of at least 4 members (excludes halogenated alkanes) is 23. The molecule has 0 aliphatic heterocycles. The average Bonchev–Trinajstić information content (AvgIpc) is 2.90. The van der Waals surface area contributed by atoms with Gasteiger partial charge in [-0.1, -0.05) is 162 Å². The van der Waals surface area contributed by atoms with Crippen molar-refractivity contribution in [2.75, 3.05) is 19.8 Å². The van der Waals surface area contributed by atoms with E-state index in [9.17, 15) is 9.90 Å². The Labute approximate surface area is 232 Å². The van der Waals surface area contributed by atoms with Gasteiger partial charge in [-0.05, 0) is 12.8 Å². The van der Waals surface area contributed by atoms with Gasteiger partial charge < -0.3 is 14.6 Å². The third-order valence-corrected chi connectivity index (χ3v) is 7.43. The maximum atomic E-state index is 12.1. The van der Waals surface area contributed by atoms with E-state index in [1.54, 1.807) is 0 Å². The summed E-state index contributed by atoms with van der Waals surface area (Å²) in [4.78, 5) is 12.1.